The number of carbonyl (C=O) groups is 1. The van der Waals surface area contributed by atoms with E-state index in [-0.39, 0.29) is 5.91 Å². The molecule has 1 N–H and O–H groups in total. The summed E-state index contributed by atoms with van der Waals surface area (Å²) in [4.78, 5) is 12.1. The molecule has 0 unspecified atom stereocenters. The van der Waals surface area contributed by atoms with Gasteiger partial charge in [0, 0.05) is 22.3 Å². The predicted molar refractivity (Wildman–Crippen MR) is 110 cm³/mol. The van der Waals surface area contributed by atoms with E-state index >= 15 is 0 Å². The molecule has 1 amide bonds. The molecule has 0 saturated heterocycles. The van der Waals surface area contributed by atoms with Crippen molar-refractivity contribution in [1.29, 1.82) is 0 Å². The van der Waals surface area contributed by atoms with Crippen molar-refractivity contribution in [2.75, 3.05) is 5.75 Å². The van der Waals surface area contributed by atoms with Crippen LogP contribution in [0.3, 0.4) is 0 Å². The molecule has 2 aromatic rings. The second-order valence-electron chi connectivity index (χ2n) is 5.82. The molecule has 5 heteroatoms. The van der Waals surface area contributed by atoms with E-state index in [2.05, 4.69) is 37.4 Å². The van der Waals surface area contributed by atoms with E-state index in [1.807, 2.05) is 12.1 Å². The Kier molecular flexibility index (Phi) is 8.14. The Bertz CT molecular complexity index is 734. The van der Waals surface area contributed by atoms with Crippen LogP contribution in [0.5, 0.6) is 0 Å². The first-order chi connectivity index (χ1) is 12.0. The fourth-order valence-corrected chi connectivity index (χ4v) is 3.96. The molecule has 134 valence electrons. The highest BCUT2D eigenvalue weighted by molar-refractivity contribution is 7.99. The number of hydrogen-bond donors (Lipinski definition) is 1. The molecule has 0 bridgehead atoms. The van der Waals surface area contributed by atoms with Gasteiger partial charge in [-0.05, 0) is 47.2 Å². The summed E-state index contributed by atoms with van der Waals surface area (Å²) in [7, 11) is 0. The maximum atomic E-state index is 12.1. The molecule has 0 heterocycles. The van der Waals surface area contributed by atoms with Gasteiger partial charge in [0.05, 0.1) is 5.75 Å². The molecule has 25 heavy (non-hydrogen) atoms. The Labute approximate surface area is 164 Å². The molecule has 0 saturated carbocycles. The highest BCUT2D eigenvalue weighted by atomic mass is 35.5. The van der Waals surface area contributed by atoms with Crippen molar-refractivity contribution in [1.82, 2.24) is 5.32 Å². The van der Waals surface area contributed by atoms with Crippen LogP contribution in [0.25, 0.3) is 0 Å². The molecule has 0 aliphatic carbocycles. The molecule has 2 aromatic carbocycles. The van der Waals surface area contributed by atoms with Crippen LogP contribution in [0.4, 0.5) is 0 Å². The first-order valence-electron chi connectivity index (χ1n) is 8.42. The molecule has 0 aliphatic rings. The number of hydrogen-bond acceptors (Lipinski definition) is 2. The highest BCUT2D eigenvalue weighted by Gasteiger charge is 2.07. The molecule has 0 radical (unpaired) electrons. The van der Waals surface area contributed by atoms with Crippen LogP contribution in [0, 0.1) is 0 Å². The van der Waals surface area contributed by atoms with Crippen molar-refractivity contribution in [2.24, 2.45) is 0 Å². The van der Waals surface area contributed by atoms with Gasteiger partial charge in [-0.1, -0.05) is 61.3 Å². The average Bonchev–Trinajstić information content (AvgIpc) is 2.61. The van der Waals surface area contributed by atoms with Gasteiger partial charge in [-0.25, -0.2) is 0 Å². The zero-order chi connectivity index (χ0) is 18.2. The monoisotopic (exact) mass is 395 g/mol. The van der Waals surface area contributed by atoms with Gasteiger partial charge < -0.3 is 5.32 Å². The largest absolute Gasteiger partial charge is 0.351 e. The third kappa shape index (κ3) is 6.25. The average molecular weight is 396 g/mol. The minimum Gasteiger partial charge on any atom is -0.351 e. The van der Waals surface area contributed by atoms with Crippen molar-refractivity contribution in [3.05, 3.63) is 68.7 Å². The van der Waals surface area contributed by atoms with E-state index in [1.165, 1.54) is 16.7 Å². The lowest BCUT2D eigenvalue weighted by Gasteiger charge is -2.11. The topological polar surface area (TPSA) is 29.1 Å². The lowest BCUT2D eigenvalue weighted by atomic mass is 10.0. The number of halogens is 2. The van der Waals surface area contributed by atoms with Crippen LogP contribution >= 0.6 is 35.0 Å². The van der Waals surface area contributed by atoms with E-state index in [0.717, 1.165) is 18.4 Å². The van der Waals surface area contributed by atoms with Gasteiger partial charge in [0.15, 0.2) is 0 Å². The summed E-state index contributed by atoms with van der Waals surface area (Å²) in [5.41, 5.74) is 4.79. The van der Waals surface area contributed by atoms with Crippen LogP contribution in [0.15, 0.2) is 36.4 Å². The van der Waals surface area contributed by atoms with Gasteiger partial charge in [-0.2, -0.15) is 0 Å². The summed E-state index contributed by atoms with van der Waals surface area (Å²) in [5, 5.41) is 4.29. The SMILES string of the molecule is CCc1ccc(CC)c(CNC(=O)CSCc2ccc(Cl)cc2Cl)c1. The first kappa shape index (κ1) is 20.2. The highest BCUT2D eigenvalue weighted by Crippen LogP contribution is 2.24. The first-order valence-corrected chi connectivity index (χ1v) is 10.3. The van der Waals surface area contributed by atoms with Crippen molar-refractivity contribution >= 4 is 40.9 Å². The van der Waals surface area contributed by atoms with Gasteiger partial charge in [-0.3, -0.25) is 4.79 Å². The van der Waals surface area contributed by atoms with E-state index in [0.29, 0.717) is 28.1 Å². The molecule has 0 fully saturated rings. The van der Waals surface area contributed by atoms with Crippen LogP contribution in [0.1, 0.15) is 36.1 Å². The minimum absolute atomic E-state index is 0.0408. The van der Waals surface area contributed by atoms with Gasteiger partial charge in [0.1, 0.15) is 0 Å². The van der Waals surface area contributed by atoms with Gasteiger partial charge in [0.25, 0.3) is 0 Å². The standard InChI is InChI=1S/C20H23Cl2NOS/c1-3-14-5-6-15(4-2)17(9-14)11-23-20(24)13-25-12-16-7-8-18(21)10-19(16)22/h5-10H,3-4,11-13H2,1-2H3,(H,23,24). The number of benzene rings is 2. The zero-order valence-electron chi connectivity index (χ0n) is 14.6. The molecule has 2 nitrogen and oxygen atoms in total. The summed E-state index contributed by atoms with van der Waals surface area (Å²) < 4.78 is 0. The van der Waals surface area contributed by atoms with Crippen molar-refractivity contribution in [2.45, 2.75) is 39.0 Å². The summed E-state index contributed by atoms with van der Waals surface area (Å²) in [6.45, 7) is 4.86. The normalized spacial score (nSPS) is 10.7. The lowest BCUT2D eigenvalue weighted by Crippen LogP contribution is -2.25. The predicted octanol–water partition coefficient (Wildman–Crippen LogP) is 5.67. The van der Waals surface area contributed by atoms with Crippen LogP contribution in [0.2, 0.25) is 10.0 Å². The van der Waals surface area contributed by atoms with E-state index < -0.39 is 0 Å². The van der Waals surface area contributed by atoms with Gasteiger partial charge in [-0.15, -0.1) is 11.8 Å². The Morgan fingerprint density at radius 1 is 1.00 bits per heavy atom. The van der Waals surface area contributed by atoms with Crippen molar-refractivity contribution in [3.63, 3.8) is 0 Å². The number of thioether (sulfide) groups is 1. The second kappa shape index (κ2) is 10.1. The van der Waals surface area contributed by atoms with Crippen LogP contribution in [-0.4, -0.2) is 11.7 Å². The lowest BCUT2D eigenvalue weighted by molar-refractivity contribution is -0.118. The summed E-state index contributed by atoms with van der Waals surface area (Å²) in [6, 6.07) is 12.0. The molecule has 0 atom stereocenters. The molecule has 0 aromatic heterocycles. The summed E-state index contributed by atoms with van der Waals surface area (Å²) >= 11 is 13.6. The summed E-state index contributed by atoms with van der Waals surface area (Å²) in [6.07, 6.45) is 1.97. The van der Waals surface area contributed by atoms with Crippen LogP contribution < -0.4 is 5.32 Å². The fourth-order valence-electron chi connectivity index (χ4n) is 2.55. The Morgan fingerprint density at radius 2 is 1.76 bits per heavy atom. The van der Waals surface area contributed by atoms with E-state index in [9.17, 15) is 4.79 Å². The summed E-state index contributed by atoms with van der Waals surface area (Å²) in [5.74, 6) is 1.14. The molecule has 0 aliphatic heterocycles. The van der Waals surface area contributed by atoms with Crippen molar-refractivity contribution < 1.29 is 4.79 Å². The number of amides is 1. The third-order valence-corrected chi connectivity index (χ3v) is 5.61. The Hall–Kier alpha value is -1.16. The number of aryl methyl sites for hydroxylation is 2. The minimum atomic E-state index is 0.0408. The van der Waals surface area contributed by atoms with Crippen molar-refractivity contribution in [3.8, 4) is 0 Å². The third-order valence-electron chi connectivity index (χ3n) is 4.04. The Morgan fingerprint density at radius 3 is 2.44 bits per heavy atom. The molecular weight excluding hydrogens is 373 g/mol. The van der Waals surface area contributed by atoms with Crippen LogP contribution in [-0.2, 0) is 29.9 Å². The maximum absolute atomic E-state index is 12.1. The number of nitrogens with one attached hydrogen (secondary N) is 1. The fraction of sp³-hybridized carbons (Fsp3) is 0.350. The second-order valence-corrected chi connectivity index (χ2v) is 7.64. The maximum Gasteiger partial charge on any atom is 0.230 e. The van der Waals surface area contributed by atoms with E-state index in [1.54, 1.807) is 17.8 Å². The zero-order valence-corrected chi connectivity index (χ0v) is 16.9. The smallest absolute Gasteiger partial charge is 0.230 e. The number of carbonyl (C=O) groups excluding carboxylic acids is 1. The Balaban J connectivity index is 1.83. The van der Waals surface area contributed by atoms with Gasteiger partial charge in [0.2, 0.25) is 5.91 Å². The molecule has 2 rings (SSSR count). The molecule has 0 spiro atoms. The quantitative estimate of drug-likeness (QED) is 0.623. The number of rotatable bonds is 8. The molecular formula is C20H23Cl2NOS. The van der Waals surface area contributed by atoms with Gasteiger partial charge >= 0.3 is 0 Å². The van der Waals surface area contributed by atoms with E-state index in [4.69, 9.17) is 23.2 Å².